The van der Waals surface area contributed by atoms with Crippen molar-refractivity contribution in [1.82, 2.24) is 4.90 Å². The molecule has 1 heterocycles. The van der Waals surface area contributed by atoms with Gasteiger partial charge >= 0.3 is 0 Å². The summed E-state index contributed by atoms with van der Waals surface area (Å²) in [5, 5.41) is 18.5. The smallest absolute Gasteiger partial charge is 0.227 e. The van der Waals surface area contributed by atoms with E-state index in [-0.39, 0.29) is 5.91 Å². The average Bonchev–Trinajstić information content (AvgIpc) is 2.68. The highest BCUT2D eigenvalue weighted by atomic mass is 35.5. The van der Waals surface area contributed by atoms with Gasteiger partial charge in [-0.05, 0) is 56.4 Å². The number of hydrogen-bond donors (Lipinski definition) is 3. The molecule has 0 aromatic rings. The van der Waals surface area contributed by atoms with Gasteiger partial charge in [0, 0.05) is 13.1 Å². The number of piperidine rings is 1. The van der Waals surface area contributed by atoms with Crippen LogP contribution in [0.25, 0.3) is 0 Å². The number of rotatable bonds is 3. The third-order valence-electron chi connectivity index (χ3n) is 6.90. The van der Waals surface area contributed by atoms with Crippen molar-refractivity contribution >= 4 is 29.1 Å². The molecule has 3 aliphatic rings. The number of alkyl halides is 2. The third-order valence-corrected chi connectivity index (χ3v) is 7.90. The van der Waals surface area contributed by atoms with Crippen LogP contribution in [0.5, 0.6) is 0 Å². The highest BCUT2D eigenvalue weighted by Gasteiger charge is 2.46. The standard InChI is InChI=1S/C19H32Cl2N2O3/c20-15-9-14(16(21)18(25)17(15)24)19(26)23-6-4-12(5-7-23)13-3-1-2-11(8-13)10-22/h11-18,24-25H,1-10,22H2. The maximum Gasteiger partial charge on any atom is 0.227 e. The van der Waals surface area contributed by atoms with E-state index in [0.717, 1.165) is 38.4 Å². The van der Waals surface area contributed by atoms with Crippen LogP contribution in [0, 0.1) is 23.7 Å². The SMILES string of the molecule is NCC1CCCC(C2CCN(C(=O)C3CC(Cl)C(O)C(O)C3Cl)CC2)C1. The Morgan fingerprint density at radius 1 is 1.00 bits per heavy atom. The molecule has 2 saturated carbocycles. The molecule has 2 aliphatic carbocycles. The van der Waals surface area contributed by atoms with E-state index in [2.05, 4.69) is 0 Å². The van der Waals surface area contributed by atoms with Gasteiger partial charge in [0.2, 0.25) is 5.91 Å². The van der Waals surface area contributed by atoms with E-state index in [1.807, 2.05) is 4.90 Å². The first-order valence-electron chi connectivity index (χ1n) is 10.1. The molecule has 5 nitrogen and oxygen atoms in total. The Morgan fingerprint density at radius 2 is 1.69 bits per heavy atom. The van der Waals surface area contributed by atoms with Crippen LogP contribution in [0.4, 0.5) is 0 Å². The van der Waals surface area contributed by atoms with Gasteiger partial charge in [0.05, 0.1) is 28.9 Å². The number of nitrogens with zero attached hydrogens (tertiary/aromatic N) is 1. The van der Waals surface area contributed by atoms with Crippen LogP contribution in [-0.2, 0) is 4.79 Å². The summed E-state index contributed by atoms with van der Waals surface area (Å²) < 4.78 is 0. The molecule has 4 N–H and O–H groups in total. The number of carbonyl (C=O) groups excluding carboxylic acids is 1. The lowest BCUT2D eigenvalue weighted by Gasteiger charge is -2.42. The summed E-state index contributed by atoms with van der Waals surface area (Å²) in [7, 11) is 0. The molecule has 7 heteroatoms. The molecule has 1 aliphatic heterocycles. The normalized spacial score (nSPS) is 42.7. The molecule has 0 radical (unpaired) electrons. The maximum atomic E-state index is 12.9. The van der Waals surface area contributed by atoms with Gasteiger partial charge in [0.1, 0.15) is 0 Å². The Balaban J connectivity index is 1.53. The van der Waals surface area contributed by atoms with Crippen LogP contribution in [0.1, 0.15) is 44.9 Å². The highest BCUT2D eigenvalue weighted by Crippen LogP contribution is 2.39. The molecular formula is C19H32Cl2N2O3. The van der Waals surface area contributed by atoms with Gasteiger partial charge in [-0.3, -0.25) is 4.79 Å². The van der Waals surface area contributed by atoms with E-state index < -0.39 is 28.9 Å². The summed E-state index contributed by atoms with van der Waals surface area (Å²) in [6.45, 7) is 2.29. The molecule has 0 spiro atoms. The molecule has 1 amide bonds. The molecule has 7 unspecified atom stereocenters. The van der Waals surface area contributed by atoms with Gasteiger partial charge in [-0.15, -0.1) is 23.2 Å². The van der Waals surface area contributed by atoms with Gasteiger partial charge in [-0.25, -0.2) is 0 Å². The number of aliphatic hydroxyl groups is 2. The molecule has 1 saturated heterocycles. The van der Waals surface area contributed by atoms with Crippen molar-refractivity contribution in [2.75, 3.05) is 19.6 Å². The quantitative estimate of drug-likeness (QED) is 0.625. The second kappa shape index (κ2) is 8.95. The number of likely N-dealkylation sites (tertiary alicyclic amines) is 1. The molecule has 0 aromatic heterocycles. The summed E-state index contributed by atoms with van der Waals surface area (Å²) in [5.74, 6) is 1.55. The monoisotopic (exact) mass is 406 g/mol. The van der Waals surface area contributed by atoms with E-state index in [1.165, 1.54) is 25.7 Å². The van der Waals surface area contributed by atoms with E-state index in [4.69, 9.17) is 28.9 Å². The van der Waals surface area contributed by atoms with Crippen molar-refractivity contribution < 1.29 is 15.0 Å². The van der Waals surface area contributed by atoms with Gasteiger partial charge in [-0.1, -0.05) is 12.8 Å². The second-order valence-corrected chi connectivity index (χ2v) is 9.54. The Kier molecular flexibility index (Phi) is 7.11. The fraction of sp³-hybridized carbons (Fsp3) is 0.947. The minimum atomic E-state index is -1.16. The van der Waals surface area contributed by atoms with E-state index in [1.54, 1.807) is 0 Å². The lowest BCUT2D eigenvalue weighted by Crippen LogP contribution is -2.55. The largest absolute Gasteiger partial charge is 0.389 e. The van der Waals surface area contributed by atoms with E-state index >= 15 is 0 Å². The lowest BCUT2D eigenvalue weighted by molar-refractivity contribution is -0.141. The Morgan fingerprint density at radius 3 is 2.35 bits per heavy atom. The molecule has 7 atom stereocenters. The van der Waals surface area contributed by atoms with Crippen LogP contribution in [-0.4, -0.2) is 63.6 Å². The van der Waals surface area contributed by atoms with Gasteiger partial charge in [0.25, 0.3) is 0 Å². The average molecular weight is 407 g/mol. The fourth-order valence-corrected chi connectivity index (χ4v) is 5.89. The number of aliphatic hydroxyl groups excluding tert-OH is 2. The number of amides is 1. The summed E-state index contributed by atoms with van der Waals surface area (Å²) in [6.07, 6.45) is 5.21. The topological polar surface area (TPSA) is 86.8 Å². The van der Waals surface area contributed by atoms with Crippen molar-refractivity contribution in [3.8, 4) is 0 Å². The zero-order chi connectivity index (χ0) is 18.8. The third kappa shape index (κ3) is 4.33. The molecule has 150 valence electrons. The molecule has 0 bridgehead atoms. The van der Waals surface area contributed by atoms with E-state index in [0.29, 0.717) is 18.3 Å². The lowest BCUT2D eigenvalue weighted by atomic mass is 9.72. The summed E-state index contributed by atoms with van der Waals surface area (Å²) in [6, 6.07) is 0. The van der Waals surface area contributed by atoms with Crippen molar-refractivity contribution in [3.63, 3.8) is 0 Å². The number of hydrogen-bond acceptors (Lipinski definition) is 4. The number of carbonyl (C=O) groups is 1. The first kappa shape index (κ1) is 20.7. The van der Waals surface area contributed by atoms with Crippen molar-refractivity contribution in [2.24, 2.45) is 29.4 Å². The molecule has 3 fully saturated rings. The van der Waals surface area contributed by atoms with Crippen LogP contribution >= 0.6 is 23.2 Å². The van der Waals surface area contributed by atoms with Gasteiger partial charge < -0.3 is 20.8 Å². The van der Waals surface area contributed by atoms with Crippen molar-refractivity contribution in [3.05, 3.63) is 0 Å². The minimum Gasteiger partial charge on any atom is -0.389 e. The van der Waals surface area contributed by atoms with E-state index in [9.17, 15) is 15.0 Å². The first-order valence-corrected chi connectivity index (χ1v) is 10.9. The highest BCUT2D eigenvalue weighted by molar-refractivity contribution is 6.24. The summed E-state index contributed by atoms with van der Waals surface area (Å²) in [4.78, 5) is 14.8. The fourth-order valence-electron chi connectivity index (χ4n) is 5.19. The predicted octanol–water partition coefficient (Wildman–Crippen LogP) is 1.95. The molecule has 26 heavy (non-hydrogen) atoms. The van der Waals surface area contributed by atoms with Crippen LogP contribution in [0.15, 0.2) is 0 Å². The van der Waals surface area contributed by atoms with Crippen LogP contribution < -0.4 is 5.73 Å². The first-order chi connectivity index (χ1) is 12.4. The van der Waals surface area contributed by atoms with Crippen molar-refractivity contribution in [2.45, 2.75) is 67.9 Å². The maximum absolute atomic E-state index is 12.9. The van der Waals surface area contributed by atoms with Crippen LogP contribution in [0.3, 0.4) is 0 Å². The molecule has 0 aromatic carbocycles. The van der Waals surface area contributed by atoms with Gasteiger partial charge in [-0.2, -0.15) is 0 Å². The van der Waals surface area contributed by atoms with Crippen molar-refractivity contribution in [1.29, 1.82) is 0 Å². The summed E-state index contributed by atoms with van der Waals surface area (Å²) in [5.41, 5.74) is 5.87. The Hall–Kier alpha value is -0.0700. The predicted molar refractivity (Wildman–Crippen MR) is 103 cm³/mol. The Bertz CT molecular complexity index is 487. The zero-order valence-corrected chi connectivity index (χ0v) is 16.8. The molecule has 3 rings (SSSR count). The Labute approximate surface area is 166 Å². The minimum absolute atomic E-state index is 0.0245. The zero-order valence-electron chi connectivity index (χ0n) is 15.3. The van der Waals surface area contributed by atoms with Gasteiger partial charge in [0.15, 0.2) is 0 Å². The summed E-state index contributed by atoms with van der Waals surface area (Å²) >= 11 is 12.4. The molecular weight excluding hydrogens is 375 g/mol. The second-order valence-electron chi connectivity index (χ2n) is 8.47. The van der Waals surface area contributed by atoms with Crippen LogP contribution in [0.2, 0.25) is 0 Å². The number of halogens is 2. The number of nitrogens with two attached hydrogens (primary N) is 1.